The highest BCUT2D eigenvalue weighted by Crippen LogP contribution is 2.29. The van der Waals surface area contributed by atoms with Gasteiger partial charge in [0.1, 0.15) is 0 Å². The van der Waals surface area contributed by atoms with Crippen LogP contribution in [0.25, 0.3) is 6.08 Å². The average molecular weight is 271 g/mol. The van der Waals surface area contributed by atoms with Crippen LogP contribution in [-0.2, 0) is 0 Å². The molecule has 1 aromatic rings. The number of allylic oxidation sites excluding steroid dienone is 1. The van der Waals surface area contributed by atoms with Gasteiger partial charge >= 0.3 is 0 Å². The largest absolute Gasteiger partial charge is 0.0827 e. The summed E-state index contributed by atoms with van der Waals surface area (Å²) in [5.74, 6) is 1.09. The Morgan fingerprint density at radius 2 is 1.47 bits per heavy atom. The van der Waals surface area contributed by atoms with Crippen LogP contribution < -0.4 is 0 Å². The van der Waals surface area contributed by atoms with Crippen LogP contribution in [0, 0.1) is 18.8 Å². The van der Waals surface area contributed by atoms with Crippen molar-refractivity contribution in [3.8, 4) is 0 Å². The molecular weight excluding hydrogens is 251 g/mol. The standard InChI is InChI=1S/C15H20Cl2/c1-9(2)13(10(3)4)7-12-8-15(17)14(16)6-11(12)5/h6-10H,1-5H3. The maximum Gasteiger partial charge on any atom is 0.0598 e. The summed E-state index contributed by atoms with van der Waals surface area (Å²) in [5, 5.41) is 1.24. The Kier molecular flexibility index (Phi) is 5.09. The summed E-state index contributed by atoms with van der Waals surface area (Å²) in [6.07, 6.45) is 2.24. The Morgan fingerprint density at radius 1 is 1.00 bits per heavy atom. The van der Waals surface area contributed by atoms with Crippen molar-refractivity contribution < 1.29 is 0 Å². The van der Waals surface area contributed by atoms with Crippen molar-refractivity contribution in [3.05, 3.63) is 38.9 Å². The van der Waals surface area contributed by atoms with Crippen molar-refractivity contribution in [1.29, 1.82) is 0 Å². The SMILES string of the molecule is Cc1cc(Cl)c(Cl)cc1C=C(C(C)C)C(C)C. The van der Waals surface area contributed by atoms with Gasteiger partial charge < -0.3 is 0 Å². The van der Waals surface area contributed by atoms with Crippen LogP contribution in [0.3, 0.4) is 0 Å². The summed E-state index contributed by atoms with van der Waals surface area (Å²) in [7, 11) is 0. The molecule has 0 saturated heterocycles. The number of rotatable bonds is 3. The van der Waals surface area contributed by atoms with Crippen LogP contribution in [0.4, 0.5) is 0 Å². The fourth-order valence-corrected chi connectivity index (χ4v) is 2.39. The normalized spacial score (nSPS) is 11.1. The fourth-order valence-electron chi connectivity index (χ4n) is 2.00. The van der Waals surface area contributed by atoms with Gasteiger partial charge in [0, 0.05) is 0 Å². The molecule has 0 bridgehead atoms. The first kappa shape index (κ1) is 14.6. The molecule has 0 nitrogen and oxygen atoms in total. The molecule has 0 radical (unpaired) electrons. The smallest absolute Gasteiger partial charge is 0.0598 e. The maximum atomic E-state index is 6.07. The zero-order chi connectivity index (χ0) is 13.2. The van der Waals surface area contributed by atoms with E-state index < -0.39 is 0 Å². The summed E-state index contributed by atoms with van der Waals surface area (Å²) in [6, 6.07) is 3.87. The van der Waals surface area contributed by atoms with Crippen LogP contribution in [-0.4, -0.2) is 0 Å². The van der Waals surface area contributed by atoms with E-state index in [0.717, 1.165) is 5.56 Å². The lowest BCUT2D eigenvalue weighted by molar-refractivity contribution is 0.632. The Labute approximate surface area is 115 Å². The molecule has 0 spiro atoms. The van der Waals surface area contributed by atoms with Gasteiger partial charge in [-0.05, 0) is 42.0 Å². The highest BCUT2D eigenvalue weighted by molar-refractivity contribution is 6.42. The van der Waals surface area contributed by atoms with Crippen molar-refractivity contribution >= 4 is 29.3 Å². The lowest BCUT2D eigenvalue weighted by Gasteiger charge is -2.16. The summed E-state index contributed by atoms with van der Waals surface area (Å²) in [4.78, 5) is 0. The van der Waals surface area contributed by atoms with Gasteiger partial charge in [0.2, 0.25) is 0 Å². The molecule has 0 aliphatic carbocycles. The Morgan fingerprint density at radius 3 is 1.94 bits per heavy atom. The van der Waals surface area contributed by atoms with Gasteiger partial charge in [-0.3, -0.25) is 0 Å². The lowest BCUT2D eigenvalue weighted by Crippen LogP contribution is -2.02. The van der Waals surface area contributed by atoms with Crippen molar-refractivity contribution in [2.45, 2.75) is 34.6 Å². The molecule has 2 heteroatoms. The molecule has 17 heavy (non-hydrogen) atoms. The van der Waals surface area contributed by atoms with Gasteiger partial charge in [0.05, 0.1) is 10.0 Å². The molecule has 94 valence electrons. The van der Waals surface area contributed by atoms with Crippen LogP contribution in [0.15, 0.2) is 17.7 Å². The molecule has 0 N–H and O–H groups in total. The van der Waals surface area contributed by atoms with Gasteiger partial charge in [-0.1, -0.05) is 62.5 Å². The minimum absolute atomic E-state index is 0.545. The summed E-state index contributed by atoms with van der Waals surface area (Å²) in [6.45, 7) is 10.9. The van der Waals surface area contributed by atoms with Crippen LogP contribution in [0.1, 0.15) is 38.8 Å². The fraction of sp³-hybridized carbons (Fsp3) is 0.467. The van der Waals surface area contributed by atoms with Gasteiger partial charge in [0.15, 0.2) is 0 Å². The first-order valence-corrected chi connectivity index (χ1v) is 6.75. The maximum absolute atomic E-state index is 6.07. The molecule has 0 aliphatic rings. The van der Waals surface area contributed by atoms with Gasteiger partial charge in [-0.25, -0.2) is 0 Å². The molecule has 0 atom stereocenters. The molecular formula is C15H20Cl2. The highest BCUT2D eigenvalue weighted by atomic mass is 35.5. The molecule has 0 fully saturated rings. The summed E-state index contributed by atoms with van der Waals surface area (Å²) in [5.41, 5.74) is 3.77. The number of benzene rings is 1. The van der Waals surface area contributed by atoms with Crippen LogP contribution in [0.2, 0.25) is 10.0 Å². The van der Waals surface area contributed by atoms with E-state index in [-0.39, 0.29) is 0 Å². The van der Waals surface area contributed by atoms with Crippen molar-refractivity contribution in [2.24, 2.45) is 11.8 Å². The van der Waals surface area contributed by atoms with E-state index in [9.17, 15) is 0 Å². The predicted molar refractivity (Wildman–Crippen MR) is 78.9 cm³/mol. The molecule has 0 aliphatic heterocycles. The number of hydrogen-bond donors (Lipinski definition) is 0. The van der Waals surface area contributed by atoms with Gasteiger partial charge in [0.25, 0.3) is 0 Å². The zero-order valence-electron chi connectivity index (χ0n) is 11.1. The lowest BCUT2D eigenvalue weighted by atomic mass is 9.90. The third-order valence-electron chi connectivity index (χ3n) is 2.96. The molecule has 0 aromatic heterocycles. The van der Waals surface area contributed by atoms with E-state index in [1.807, 2.05) is 12.1 Å². The van der Waals surface area contributed by atoms with Gasteiger partial charge in [-0.15, -0.1) is 0 Å². The van der Waals surface area contributed by atoms with Crippen molar-refractivity contribution in [2.75, 3.05) is 0 Å². The number of aryl methyl sites for hydroxylation is 1. The predicted octanol–water partition coefficient (Wildman–Crippen LogP) is 6.00. The molecule has 0 amide bonds. The van der Waals surface area contributed by atoms with E-state index in [2.05, 4.69) is 40.7 Å². The Hall–Kier alpha value is -0.460. The van der Waals surface area contributed by atoms with E-state index in [0.29, 0.717) is 21.9 Å². The third-order valence-corrected chi connectivity index (χ3v) is 3.69. The molecule has 0 heterocycles. The first-order valence-electron chi connectivity index (χ1n) is 6.00. The van der Waals surface area contributed by atoms with Crippen molar-refractivity contribution in [1.82, 2.24) is 0 Å². The van der Waals surface area contributed by atoms with Crippen LogP contribution >= 0.6 is 23.2 Å². The van der Waals surface area contributed by atoms with E-state index in [1.165, 1.54) is 11.1 Å². The summed E-state index contributed by atoms with van der Waals surface area (Å²) < 4.78 is 0. The molecule has 1 aromatic carbocycles. The topological polar surface area (TPSA) is 0 Å². The van der Waals surface area contributed by atoms with E-state index in [1.54, 1.807) is 0 Å². The average Bonchev–Trinajstić information content (AvgIpc) is 2.20. The zero-order valence-corrected chi connectivity index (χ0v) is 12.7. The minimum Gasteiger partial charge on any atom is -0.0827 e. The van der Waals surface area contributed by atoms with E-state index in [4.69, 9.17) is 23.2 Å². The van der Waals surface area contributed by atoms with Crippen LogP contribution in [0.5, 0.6) is 0 Å². The Bertz CT molecular complexity index is 419. The molecule has 1 rings (SSSR count). The highest BCUT2D eigenvalue weighted by Gasteiger charge is 2.10. The second-order valence-corrected chi connectivity index (χ2v) is 5.89. The van der Waals surface area contributed by atoms with Gasteiger partial charge in [-0.2, -0.15) is 0 Å². The third kappa shape index (κ3) is 3.76. The summed E-state index contributed by atoms with van der Waals surface area (Å²) >= 11 is 12.1. The second-order valence-electron chi connectivity index (χ2n) is 5.08. The monoisotopic (exact) mass is 270 g/mol. The molecule has 0 saturated carbocycles. The minimum atomic E-state index is 0.545. The Balaban J connectivity index is 3.25. The number of hydrogen-bond acceptors (Lipinski definition) is 0. The number of halogens is 2. The molecule has 0 unspecified atom stereocenters. The quantitative estimate of drug-likeness (QED) is 0.632. The van der Waals surface area contributed by atoms with Crippen molar-refractivity contribution in [3.63, 3.8) is 0 Å². The first-order chi connectivity index (χ1) is 7.82. The van der Waals surface area contributed by atoms with E-state index >= 15 is 0 Å². The second kappa shape index (κ2) is 5.93.